The van der Waals surface area contributed by atoms with Gasteiger partial charge in [-0.1, -0.05) is 0 Å². The summed E-state index contributed by atoms with van der Waals surface area (Å²) in [5, 5.41) is 0. The molecule has 0 aliphatic rings. The van der Waals surface area contributed by atoms with E-state index < -0.39 is 0 Å². The maximum atomic E-state index is 0. The molecule has 0 aromatic heterocycles. The van der Waals surface area contributed by atoms with Crippen molar-refractivity contribution in [3.05, 3.63) is 0 Å². The van der Waals surface area contributed by atoms with Crippen LogP contribution in [0.25, 0.3) is 0 Å². The Bertz CT molecular complexity index is 12.9. The number of rotatable bonds is 0. The van der Waals surface area contributed by atoms with Crippen LogP contribution >= 0.6 is 0 Å². The third-order valence-corrected chi connectivity index (χ3v) is 0. The van der Waals surface area contributed by atoms with Crippen molar-refractivity contribution in [2.75, 3.05) is 0 Å². The van der Waals surface area contributed by atoms with Gasteiger partial charge in [0.2, 0.25) is 0 Å². The number of halogens is 2. The van der Waals surface area contributed by atoms with Crippen molar-refractivity contribution < 1.29 is 43.2 Å². The summed E-state index contributed by atoms with van der Waals surface area (Å²) in [5.74, 6) is 0. The van der Waals surface area contributed by atoms with Gasteiger partial charge in [0.05, 0.1) is 0 Å². The minimum atomic E-state index is 0. The summed E-state index contributed by atoms with van der Waals surface area (Å²) in [6.45, 7) is 0. The molecule has 0 radical (unpaired) electrons. The Morgan fingerprint density at radius 1 is 1.00 bits per heavy atom. The largest absolute Gasteiger partial charge is 2.00 e. The fourth-order valence-corrected chi connectivity index (χ4v) is 0. The van der Waals surface area contributed by atoms with Gasteiger partial charge < -0.3 is 4.28 Å². The van der Waals surface area contributed by atoms with Gasteiger partial charge in [-0.15, -0.1) is 0 Å². The maximum Gasteiger partial charge on any atom is 2.00 e. The SMILES string of the molecule is F.F.[Ca+2].[H-].[H-].[H-].[Na+]. The fourth-order valence-electron chi connectivity index (χ4n) is 0. The van der Waals surface area contributed by atoms with Gasteiger partial charge in [0.25, 0.3) is 0 Å². The fraction of sp³-hybridized carbons (Fsp3) is 0. The summed E-state index contributed by atoms with van der Waals surface area (Å²) in [6, 6.07) is 0. The van der Waals surface area contributed by atoms with Gasteiger partial charge in [-0.25, -0.2) is 0 Å². The van der Waals surface area contributed by atoms with E-state index in [1.54, 1.807) is 0 Å². The molecule has 0 saturated carbocycles. The molecule has 0 aromatic carbocycles. The molecule has 0 bridgehead atoms. The average Bonchev–Trinajstić information content (AvgIpc) is 0. The summed E-state index contributed by atoms with van der Waals surface area (Å²) in [4.78, 5) is 0. The van der Waals surface area contributed by atoms with E-state index in [9.17, 15) is 0 Å². The first-order valence-corrected chi connectivity index (χ1v) is 0. The Morgan fingerprint density at radius 3 is 1.00 bits per heavy atom. The van der Waals surface area contributed by atoms with Crippen molar-refractivity contribution in [1.29, 1.82) is 0 Å². The minimum Gasteiger partial charge on any atom is -1.00 e. The Hall–Kier alpha value is 2.12. The molecule has 0 nitrogen and oxygen atoms in total. The van der Waals surface area contributed by atoms with E-state index in [-0.39, 0.29) is 81.0 Å². The molecule has 0 atom stereocenters. The smallest absolute Gasteiger partial charge is 1.00 e. The first kappa shape index (κ1) is 35.7. The zero-order chi connectivity index (χ0) is 0. The molecular formula is H5CaF2Na. The van der Waals surface area contributed by atoms with Crippen LogP contribution in [-0.2, 0) is 0 Å². The van der Waals surface area contributed by atoms with Crippen molar-refractivity contribution in [2.24, 2.45) is 0 Å². The Morgan fingerprint density at radius 2 is 1.00 bits per heavy atom. The van der Waals surface area contributed by atoms with Gasteiger partial charge in [0, 0.05) is 0 Å². The third-order valence-electron chi connectivity index (χ3n) is 0. The average molecular weight is 106 g/mol. The van der Waals surface area contributed by atoms with E-state index in [1.165, 1.54) is 0 Å². The molecule has 22 valence electrons. The van der Waals surface area contributed by atoms with Gasteiger partial charge in [-0.05, 0) is 0 Å². The summed E-state index contributed by atoms with van der Waals surface area (Å²) in [7, 11) is 0. The van der Waals surface area contributed by atoms with Crippen LogP contribution in [0.4, 0.5) is 9.41 Å². The summed E-state index contributed by atoms with van der Waals surface area (Å²) in [6.07, 6.45) is 0. The summed E-state index contributed by atoms with van der Waals surface area (Å²) >= 11 is 0. The first-order valence-electron chi connectivity index (χ1n) is 0. The second kappa shape index (κ2) is 19.3. The Labute approximate surface area is 79.8 Å². The molecule has 0 fully saturated rings. The molecule has 0 spiro atoms. The number of hydrogen-bond acceptors (Lipinski definition) is 0. The molecule has 0 unspecified atom stereocenters. The summed E-state index contributed by atoms with van der Waals surface area (Å²) in [5.41, 5.74) is 0. The van der Waals surface area contributed by atoms with E-state index >= 15 is 0 Å². The maximum absolute atomic E-state index is 0. The molecule has 0 aliphatic heterocycles. The van der Waals surface area contributed by atoms with Crippen LogP contribution < -0.4 is 29.6 Å². The van der Waals surface area contributed by atoms with Crippen LogP contribution in [0.1, 0.15) is 4.28 Å². The molecule has 0 aromatic rings. The van der Waals surface area contributed by atoms with E-state index in [4.69, 9.17) is 0 Å². The van der Waals surface area contributed by atoms with Crippen LogP contribution in [0.5, 0.6) is 0 Å². The molecule has 0 heterocycles. The standard InChI is InChI=1S/Ca.2FH.Na.3H/h;2*1H;;;;/q+2;;;+1;3*-1. The summed E-state index contributed by atoms with van der Waals surface area (Å²) < 4.78 is 0. The van der Waals surface area contributed by atoms with Crippen molar-refractivity contribution in [3.63, 3.8) is 0 Å². The zero-order valence-corrected chi connectivity index (χ0v) is 6.73. The quantitative estimate of drug-likeness (QED) is 0.294. The number of hydrogen-bond donors (Lipinski definition) is 0. The van der Waals surface area contributed by atoms with Gasteiger partial charge in [0.1, 0.15) is 0 Å². The zero-order valence-electron chi connectivity index (χ0n) is 5.52. The molecular weight excluding hydrogens is 101 g/mol. The molecule has 0 N–H and O–H groups in total. The predicted molar refractivity (Wildman–Crippen MR) is 14.1 cm³/mol. The predicted octanol–water partition coefficient (Wildman–Crippen LogP) is -2.73. The van der Waals surface area contributed by atoms with Crippen molar-refractivity contribution >= 4 is 37.7 Å². The normalized spacial score (nSPS) is 0. The molecule has 0 rings (SSSR count). The van der Waals surface area contributed by atoms with E-state index in [0.29, 0.717) is 0 Å². The second-order valence-corrected chi connectivity index (χ2v) is 0. The van der Waals surface area contributed by atoms with E-state index in [2.05, 4.69) is 0 Å². The van der Waals surface area contributed by atoms with Crippen LogP contribution in [0.2, 0.25) is 0 Å². The van der Waals surface area contributed by atoms with Crippen LogP contribution in [0, 0.1) is 0 Å². The van der Waals surface area contributed by atoms with E-state index in [1.807, 2.05) is 0 Å². The van der Waals surface area contributed by atoms with Gasteiger partial charge in [-0.2, -0.15) is 0 Å². The van der Waals surface area contributed by atoms with Crippen molar-refractivity contribution in [2.45, 2.75) is 0 Å². The Balaban J connectivity index is 0. The topological polar surface area (TPSA) is 0 Å². The molecule has 4 heteroatoms. The van der Waals surface area contributed by atoms with Crippen molar-refractivity contribution in [3.8, 4) is 0 Å². The minimum absolute atomic E-state index is 0. The van der Waals surface area contributed by atoms with Crippen molar-refractivity contribution in [1.82, 2.24) is 0 Å². The molecule has 0 amide bonds. The first-order chi connectivity index (χ1) is 0. The van der Waals surface area contributed by atoms with E-state index in [0.717, 1.165) is 0 Å². The second-order valence-electron chi connectivity index (χ2n) is 0. The molecule has 4 heavy (non-hydrogen) atoms. The monoisotopic (exact) mass is 106 g/mol. The van der Waals surface area contributed by atoms with Gasteiger partial charge in [0.15, 0.2) is 0 Å². The van der Waals surface area contributed by atoms with Crippen LogP contribution in [0.15, 0.2) is 0 Å². The van der Waals surface area contributed by atoms with Gasteiger partial charge >= 0.3 is 67.3 Å². The van der Waals surface area contributed by atoms with Crippen LogP contribution in [-0.4, -0.2) is 37.7 Å². The van der Waals surface area contributed by atoms with Crippen LogP contribution in [0.3, 0.4) is 0 Å². The third kappa shape index (κ3) is 8.92. The van der Waals surface area contributed by atoms with Gasteiger partial charge in [-0.3, -0.25) is 9.41 Å². The molecule has 0 saturated heterocycles. The molecule has 0 aliphatic carbocycles. The Kier molecular flexibility index (Phi) is 173.